The lowest BCUT2D eigenvalue weighted by Gasteiger charge is -2.42. The topological polar surface area (TPSA) is 49.4 Å². The number of hydrogen-bond acceptors (Lipinski definition) is 3. The summed E-state index contributed by atoms with van der Waals surface area (Å²) in [7, 11) is 0. The van der Waals surface area contributed by atoms with Gasteiger partial charge in [0.15, 0.2) is 6.29 Å². The van der Waals surface area contributed by atoms with Crippen molar-refractivity contribution in [3.8, 4) is 0 Å². The van der Waals surface area contributed by atoms with Crippen molar-refractivity contribution in [1.82, 2.24) is 5.32 Å². The van der Waals surface area contributed by atoms with Gasteiger partial charge in [0.25, 0.3) is 0 Å². The predicted octanol–water partition coefficient (Wildman–Crippen LogP) is 2.37. The normalized spacial score (nSPS) is 25.9. The number of nitrogens with zero attached hydrogens (tertiary/aromatic N) is 1. The Morgan fingerprint density at radius 2 is 2.20 bits per heavy atom. The van der Waals surface area contributed by atoms with Crippen molar-refractivity contribution in [1.29, 1.82) is 0 Å². The fourth-order valence-electron chi connectivity index (χ4n) is 3.22. The Bertz CT molecular complexity index is 547. The third-order valence-corrected chi connectivity index (χ3v) is 4.78. The van der Waals surface area contributed by atoms with Gasteiger partial charge in [-0.25, -0.2) is 0 Å². The van der Waals surface area contributed by atoms with Crippen molar-refractivity contribution in [3.05, 3.63) is 28.2 Å². The highest BCUT2D eigenvalue weighted by Crippen LogP contribution is 2.31. The zero-order valence-electron chi connectivity index (χ0n) is 11.1. The van der Waals surface area contributed by atoms with Crippen LogP contribution in [0.1, 0.15) is 29.6 Å². The molecular formula is C15H17BrN2O2. The van der Waals surface area contributed by atoms with Gasteiger partial charge in [0.1, 0.15) is 0 Å². The van der Waals surface area contributed by atoms with Crippen molar-refractivity contribution in [2.24, 2.45) is 5.92 Å². The molecule has 106 valence electrons. The molecule has 2 unspecified atom stereocenters. The first-order valence-corrected chi connectivity index (χ1v) is 7.75. The number of fused-ring (bicyclic) bond motifs is 1. The maximum Gasteiger partial charge on any atom is 0.220 e. The molecule has 1 aromatic rings. The molecule has 2 heterocycles. The zero-order chi connectivity index (χ0) is 14.1. The molecular weight excluding hydrogens is 320 g/mol. The van der Waals surface area contributed by atoms with E-state index in [0.29, 0.717) is 18.4 Å². The highest BCUT2D eigenvalue weighted by molar-refractivity contribution is 9.10. The predicted molar refractivity (Wildman–Crippen MR) is 81.0 cm³/mol. The summed E-state index contributed by atoms with van der Waals surface area (Å²) in [5.74, 6) is 0.663. The monoisotopic (exact) mass is 336 g/mol. The van der Waals surface area contributed by atoms with Gasteiger partial charge in [0.05, 0.1) is 0 Å². The molecule has 5 heteroatoms. The fourth-order valence-corrected chi connectivity index (χ4v) is 3.57. The fraction of sp³-hybridized carbons (Fsp3) is 0.467. The van der Waals surface area contributed by atoms with Crippen molar-refractivity contribution in [2.45, 2.75) is 25.3 Å². The number of hydrogen-bond donors (Lipinski definition) is 1. The van der Waals surface area contributed by atoms with Gasteiger partial charge in [-0.05, 0) is 37.0 Å². The van der Waals surface area contributed by atoms with Crippen LogP contribution in [0.2, 0.25) is 0 Å². The molecule has 1 N–H and O–H groups in total. The zero-order valence-corrected chi connectivity index (χ0v) is 12.7. The summed E-state index contributed by atoms with van der Waals surface area (Å²) < 4.78 is 0.983. The summed E-state index contributed by atoms with van der Waals surface area (Å²) in [6.45, 7) is 1.78. The van der Waals surface area contributed by atoms with E-state index in [1.165, 1.54) is 0 Å². The van der Waals surface area contributed by atoms with Crippen LogP contribution in [0, 0.1) is 5.92 Å². The van der Waals surface area contributed by atoms with Crippen LogP contribution in [0.5, 0.6) is 0 Å². The summed E-state index contributed by atoms with van der Waals surface area (Å²) in [6.07, 6.45) is 3.42. The first-order valence-electron chi connectivity index (χ1n) is 6.96. The van der Waals surface area contributed by atoms with Crippen molar-refractivity contribution >= 4 is 33.8 Å². The van der Waals surface area contributed by atoms with E-state index in [1.54, 1.807) is 0 Å². The number of amides is 1. The molecule has 2 aliphatic rings. The second kappa shape index (κ2) is 5.56. The molecule has 4 nitrogen and oxygen atoms in total. The Morgan fingerprint density at radius 1 is 1.35 bits per heavy atom. The van der Waals surface area contributed by atoms with E-state index in [-0.39, 0.29) is 5.91 Å². The maximum atomic E-state index is 11.4. The Labute approximate surface area is 126 Å². The summed E-state index contributed by atoms with van der Waals surface area (Å²) in [6, 6.07) is 6.05. The molecule has 2 saturated heterocycles. The first kappa shape index (κ1) is 13.6. The Hall–Kier alpha value is -1.36. The number of benzene rings is 1. The molecule has 0 aromatic heterocycles. The van der Waals surface area contributed by atoms with E-state index in [4.69, 9.17) is 0 Å². The quantitative estimate of drug-likeness (QED) is 0.843. The van der Waals surface area contributed by atoms with Gasteiger partial charge in [0.2, 0.25) is 5.91 Å². The molecule has 0 bridgehead atoms. The van der Waals surface area contributed by atoms with Gasteiger partial charge < -0.3 is 10.2 Å². The van der Waals surface area contributed by atoms with Gasteiger partial charge in [-0.1, -0.05) is 15.9 Å². The Morgan fingerprint density at radius 3 is 3.00 bits per heavy atom. The summed E-state index contributed by atoms with van der Waals surface area (Å²) >= 11 is 3.47. The number of carbonyl (C=O) groups is 2. The number of halogens is 1. The molecule has 2 fully saturated rings. The first-order chi connectivity index (χ1) is 9.67. The third kappa shape index (κ3) is 2.59. The average molecular weight is 337 g/mol. The van der Waals surface area contributed by atoms with Crippen LogP contribution in [0.3, 0.4) is 0 Å². The smallest absolute Gasteiger partial charge is 0.220 e. The lowest BCUT2D eigenvalue weighted by atomic mass is 9.85. The number of carbonyl (C=O) groups excluding carboxylic acids is 2. The second-order valence-electron chi connectivity index (χ2n) is 5.53. The van der Waals surface area contributed by atoms with Crippen LogP contribution in [-0.4, -0.2) is 31.3 Å². The van der Waals surface area contributed by atoms with Crippen molar-refractivity contribution in [3.63, 3.8) is 0 Å². The Balaban J connectivity index is 1.81. The number of piperidine rings is 2. The molecule has 1 aromatic carbocycles. The minimum Gasteiger partial charge on any atom is -0.370 e. The van der Waals surface area contributed by atoms with Gasteiger partial charge in [0, 0.05) is 41.3 Å². The summed E-state index contributed by atoms with van der Waals surface area (Å²) in [5, 5.41) is 3.09. The molecule has 3 rings (SSSR count). The second-order valence-corrected chi connectivity index (χ2v) is 6.44. The molecule has 1 amide bonds. The van der Waals surface area contributed by atoms with Gasteiger partial charge in [-0.15, -0.1) is 0 Å². The van der Waals surface area contributed by atoms with Gasteiger partial charge >= 0.3 is 0 Å². The SMILES string of the molecule is O=Cc1ccc(Br)cc1N1CCC2NC(=O)CCC2C1. The standard InChI is InChI=1S/C15H17BrN2O2/c16-12-3-1-11(9-19)14(7-12)18-6-5-13-10(8-18)2-4-15(20)17-13/h1,3,7,9-10,13H,2,4-6,8H2,(H,17,20). The van der Waals surface area contributed by atoms with Crippen LogP contribution in [0.15, 0.2) is 22.7 Å². The van der Waals surface area contributed by atoms with Crippen LogP contribution in [0.4, 0.5) is 5.69 Å². The minimum atomic E-state index is 0.177. The third-order valence-electron chi connectivity index (χ3n) is 4.28. The highest BCUT2D eigenvalue weighted by atomic mass is 79.9. The van der Waals surface area contributed by atoms with Crippen LogP contribution < -0.4 is 10.2 Å². The highest BCUT2D eigenvalue weighted by Gasteiger charge is 2.34. The lowest BCUT2D eigenvalue weighted by Crippen LogP contribution is -2.54. The van der Waals surface area contributed by atoms with Crippen LogP contribution in [-0.2, 0) is 4.79 Å². The molecule has 0 radical (unpaired) electrons. The van der Waals surface area contributed by atoms with E-state index in [9.17, 15) is 9.59 Å². The number of anilines is 1. The molecule has 0 spiro atoms. The van der Waals surface area contributed by atoms with E-state index in [0.717, 1.165) is 47.9 Å². The number of nitrogens with one attached hydrogen (secondary N) is 1. The van der Waals surface area contributed by atoms with Crippen molar-refractivity contribution in [2.75, 3.05) is 18.0 Å². The van der Waals surface area contributed by atoms with E-state index < -0.39 is 0 Å². The van der Waals surface area contributed by atoms with Crippen molar-refractivity contribution < 1.29 is 9.59 Å². The molecule has 2 aliphatic heterocycles. The summed E-state index contributed by atoms with van der Waals surface area (Å²) in [5.41, 5.74) is 1.72. The Kier molecular flexibility index (Phi) is 3.78. The molecule has 20 heavy (non-hydrogen) atoms. The van der Waals surface area contributed by atoms with Crippen LogP contribution >= 0.6 is 15.9 Å². The van der Waals surface area contributed by atoms with E-state index in [2.05, 4.69) is 26.1 Å². The molecule has 0 saturated carbocycles. The van der Waals surface area contributed by atoms with E-state index >= 15 is 0 Å². The minimum absolute atomic E-state index is 0.177. The molecule has 0 aliphatic carbocycles. The number of aldehydes is 1. The lowest BCUT2D eigenvalue weighted by molar-refractivity contribution is -0.124. The van der Waals surface area contributed by atoms with E-state index in [1.807, 2.05) is 18.2 Å². The van der Waals surface area contributed by atoms with Gasteiger partial charge in [-0.2, -0.15) is 0 Å². The number of rotatable bonds is 2. The van der Waals surface area contributed by atoms with Gasteiger partial charge in [-0.3, -0.25) is 9.59 Å². The molecule has 2 atom stereocenters. The maximum absolute atomic E-state index is 11.4. The average Bonchev–Trinajstić information content (AvgIpc) is 2.46. The van der Waals surface area contributed by atoms with Crippen LogP contribution in [0.25, 0.3) is 0 Å². The largest absolute Gasteiger partial charge is 0.370 e. The summed E-state index contributed by atoms with van der Waals surface area (Å²) in [4.78, 5) is 24.9.